The van der Waals surface area contributed by atoms with Crippen LogP contribution in [0.1, 0.15) is 37.3 Å². The van der Waals surface area contributed by atoms with Crippen molar-refractivity contribution in [2.75, 3.05) is 20.1 Å². The van der Waals surface area contributed by atoms with Crippen LogP contribution < -0.4 is 5.73 Å². The summed E-state index contributed by atoms with van der Waals surface area (Å²) in [6.07, 6.45) is 5.74. The summed E-state index contributed by atoms with van der Waals surface area (Å²) in [7, 11) is 2.18. The Bertz CT molecular complexity index is 485. The summed E-state index contributed by atoms with van der Waals surface area (Å²) in [5.74, 6) is 2.78. The third kappa shape index (κ3) is 3.39. The molecule has 0 aromatic heterocycles. The fourth-order valence-electron chi connectivity index (χ4n) is 4.44. The maximum Gasteiger partial charge on any atom is 0.0468 e. The lowest BCUT2D eigenvalue weighted by Gasteiger charge is -2.33. The summed E-state index contributed by atoms with van der Waals surface area (Å²) in [6.45, 7) is 1.72. The van der Waals surface area contributed by atoms with Crippen molar-refractivity contribution in [2.24, 2.45) is 23.5 Å². The molecular formula is C17H24Cl2N2. The number of hydrogen-bond donors (Lipinski definition) is 1. The predicted octanol–water partition coefficient (Wildman–Crippen LogP) is 4.36. The SMILES string of the molecule is CN(CC1CC2CCC1C2)C(CN)c1cc(Cl)cc(Cl)c1. The van der Waals surface area contributed by atoms with E-state index in [4.69, 9.17) is 28.9 Å². The third-order valence-electron chi connectivity index (χ3n) is 5.43. The predicted molar refractivity (Wildman–Crippen MR) is 89.8 cm³/mol. The summed E-state index contributed by atoms with van der Waals surface area (Å²) in [5.41, 5.74) is 7.15. The molecule has 2 aliphatic carbocycles. The monoisotopic (exact) mass is 326 g/mol. The molecule has 1 aromatic carbocycles. The highest BCUT2D eigenvalue weighted by Gasteiger charge is 2.40. The van der Waals surface area contributed by atoms with Gasteiger partial charge in [0.2, 0.25) is 0 Å². The molecule has 2 aliphatic rings. The van der Waals surface area contributed by atoms with Gasteiger partial charge >= 0.3 is 0 Å². The number of likely N-dealkylation sites (N-methyl/N-ethyl adjacent to an activating group) is 1. The Morgan fingerprint density at radius 1 is 1.19 bits per heavy atom. The van der Waals surface area contributed by atoms with E-state index in [2.05, 4.69) is 11.9 Å². The normalized spacial score (nSPS) is 29.3. The third-order valence-corrected chi connectivity index (χ3v) is 5.87. The van der Waals surface area contributed by atoms with E-state index in [1.165, 1.54) is 25.7 Å². The number of fused-ring (bicyclic) bond motifs is 2. The summed E-state index contributed by atoms with van der Waals surface area (Å²) >= 11 is 12.3. The number of nitrogens with zero attached hydrogens (tertiary/aromatic N) is 1. The van der Waals surface area contributed by atoms with Crippen LogP contribution in [0.25, 0.3) is 0 Å². The van der Waals surface area contributed by atoms with Crippen LogP contribution in [0.2, 0.25) is 10.0 Å². The molecule has 4 unspecified atom stereocenters. The maximum absolute atomic E-state index is 6.13. The number of halogens is 2. The topological polar surface area (TPSA) is 29.3 Å². The van der Waals surface area contributed by atoms with Gasteiger partial charge in [-0.2, -0.15) is 0 Å². The number of nitrogens with two attached hydrogens (primary N) is 1. The van der Waals surface area contributed by atoms with Gasteiger partial charge in [-0.1, -0.05) is 29.6 Å². The van der Waals surface area contributed by atoms with E-state index in [0.717, 1.165) is 29.9 Å². The van der Waals surface area contributed by atoms with Gasteiger partial charge in [0.25, 0.3) is 0 Å². The van der Waals surface area contributed by atoms with Gasteiger partial charge in [-0.25, -0.2) is 0 Å². The molecule has 0 spiro atoms. The minimum absolute atomic E-state index is 0.195. The average molecular weight is 327 g/mol. The van der Waals surface area contributed by atoms with Crippen LogP contribution in [0.15, 0.2) is 18.2 Å². The molecule has 21 heavy (non-hydrogen) atoms. The smallest absolute Gasteiger partial charge is 0.0468 e. The molecule has 4 atom stereocenters. The molecular weight excluding hydrogens is 303 g/mol. The average Bonchev–Trinajstić information content (AvgIpc) is 3.00. The van der Waals surface area contributed by atoms with E-state index < -0.39 is 0 Å². The van der Waals surface area contributed by atoms with Crippen LogP contribution in [-0.4, -0.2) is 25.0 Å². The summed E-state index contributed by atoms with van der Waals surface area (Å²) in [6, 6.07) is 5.95. The van der Waals surface area contributed by atoms with Crippen LogP contribution in [-0.2, 0) is 0 Å². The number of rotatable bonds is 5. The largest absolute Gasteiger partial charge is 0.329 e. The van der Waals surface area contributed by atoms with Crippen molar-refractivity contribution in [3.63, 3.8) is 0 Å². The molecule has 3 rings (SSSR count). The molecule has 2 nitrogen and oxygen atoms in total. The van der Waals surface area contributed by atoms with Gasteiger partial charge in [0.05, 0.1) is 0 Å². The van der Waals surface area contributed by atoms with E-state index in [0.29, 0.717) is 16.6 Å². The van der Waals surface area contributed by atoms with Crippen LogP contribution >= 0.6 is 23.2 Å². The number of hydrogen-bond acceptors (Lipinski definition) is 2. The second-order valence-electron chi connectivity index (χ2n) is 6.83. The molecule has 0 heterocycles. The molecule has 0 radical (unpaired) electrons. The van der Waals surface area contributed by atoms with Crippen molar-refractivity contribution in [1.29, 1.82) is 0 Å². The van der Waals surface area contributed by atoms with Gasteiger partial charge in [-0.3, -0.25) is 4.90 Å². The Kier molecular flexibility index (Phi) is 4.80. The zero-order valence-electron chi connectivity index (χ0n) is 12.6. The zero-order chi connectivity index (χ0) is 15.0. The first kappa shape index (κ1) is 15.6. The van der Waals surface area contributed by atoms with Gasteiger partial charge in [0.15, 0.2) is 0 Å². The Morgan fingerprint density at radius 3 is 2.43 bits per heavy atom. The minimum Gasteiger partial charge on any atom is -0.329 e. The highest BCUT2D eigenvalue weighted by molar-refractivity contribution is 6.34. The van der Waals surface area contributed by atoms with E-state index in [9.17, 15) is 0 Å². The van der Waals surface area contributed by atoms with E-state index >= 15 is 0 Å². The standard InChI is InChI=1S/C17H24Cl2N2/c1-21(10-14-5-11-2-3-12(14)4-11)17(9-20)13-6-15(18)8-16(19)7-13/h6-8,11-12,14,17H,2-5,9-10,20H2,1H3. The van der Waals surface area contributed by atoms with Gasteiger partial charge in [0.1, 0.15) is 0 Å². The fraction of sp³-hybridized carbons (Fsp3) is 0.647. The Morgan fingerprint density at radius 2 is 1.90 bits per heavy atom. The van der Waals surface area contributed by atoms with Crippen LogP contribution in [0.3, 0.4) is 0 Å². The first-order valence-electron chi connectivity index (χ1n) is 7.93. The molecule has 0 amide bonds. The highest BCUT2D eigenvalue weighted by Crippen LogP contribution is 2.48. The quantitative estimate of drug-likeness (QED) is 0.870. The Balaban J connectivity index is 1.70. The van der Waals surface area contributed by atoms with Crippen molar-refractivity contribution in [2.45, 2.75) is 31.7 Å². The molecule has 0 aliphatic heterocycles. The van der Waals surface area contributed by atoms with E-state index in [-0.39, 0.29) is 6.04 Å². The van der Waals surface area contributed by atoms with Crippen molar-refractivity contribution in [3.05, 3.63) is 33.8 Å². The van der Waals surface area contributed by atoms with E-state index in [1.54, 1.807) is 6.07 Å². The maximum atomic E-state index is 6.13. The van der Waals surface area contributed by atoms with Gasteiger partial charge in [0, 0.05) is 29.2 Å². The lowest BCUT2D eigenvalue weighted by atomic mass is 9.88. The zero-order valence-corrected chi connectivity index (χ0v) is 14.1. The molecule has 2 fully saturated rings. The Labute approximate surface area is 137 Å². The van der Waals surface area contributed by atoms with Gasteiger partial charge in [-0.15, -0.1) is 0 Å². The number of benzene rings is 1. The fourth-order valence-corrected chi connectivity index (χ4v) is 4.98. The van der Waals surface area contributed by atoms with Crippen molar-refractivity contribution in [3.8, 4) is 0 Å². The van der Waals surface area contributed by atoms with Gasteiger partial charge in [-0.05, 0) is 67.8 Å². The lowest BCUT2D eigenvalue weighted by molar-refractivity contribution is 0.176. The van der Waals surface area contributed by atoms with Gasteiger partial charge < -0.3 is 5.73 Å². The summed E-state index contributed by atoms with van der Waals surface area (Å²) in [4.78, 5) is 2.40. The molecule has 2 N–H and O–H groups in total. The second kappa shape index (κ2) is 6.45. The first-order chi connectivity index (χ1) is 10.1. The molecule has 4 heteroatoms. The van der Waals surface area contributed by atoms with E-state index in [1.807, 2.05) is 12.1 Å². The van der Waals surface area contributed by atoms with Crippen molar-refractivity contribution >= 4 is 23.2 Å². The van der Waals surface area contributed by atoms with Crippen LogP contribution in [0, 0.1) is 17.8 Å². The lowest BCUT2D eigenvalue weighted by Crippen LogP contribution is -2.35. The van der Waals surface area contributed by atoms with Crippen LogP contribution in [0.5, 0.6) is 0 Å². The summed E-state index contributed by atoms with van der Waals surface area (Å²) < 4.78 is 0. The first-order valence-corrected chi connectivity index (χ1v) is 8.68. The molecule has 2 bridgehead atoms. The Hall–Kier alpha value is -0.280. The highest BCUT2D eigenvalue weighted by atomic mass is 35.5. The molecule has 116 valence electrons. The molecule has 1 aromatic rings. The molecule has 0 saturated heterocycles. The summed E-state index contributed by atoms with van der Waals surface area (Å²) in [5, 5.41) is 1.37. The second-order valence-corrected chi connectivity index (χ2v) is 7.70. The van der Waals surface area contributed by atoms with Crippen LogP contribution in [0.4, 0.5) is 0 Å². The minimum atomic E-state index is 0.195. The van der Waals surface area contributed by atoms with Crippen molar-refractivity contribution in [1.82, 2.24) is 4.90 Å². The van der Waals surface area contributed by atoms with Crippen molar-refractivity contribution < 1.29 is 0 Å². The molecule has 2 saturated carbocycles.